The normalized spacial score (nSPS) is 14.7. The number of alkyl halides is 6. The van der Waals surface area contributed by atoms with E-state index in [4.69, 9.17) is 27.9 Å². The highest BCUT2D eigenvalue weighted by Gasteiger charge is 2.54. The Balaban J connectivity index is 1.78. The van der Waals surface area contributed by atoms with Gasteiger partial charge in [-0.15, -0.1) is 0 Å². The molecule has 0 bridgehead atoms. The lowest BCUT2D eigenvalue weighted by molar-refractivity contribution is -0.210. The van der Waals surface area contributed by atoms with E-state index in [1.165, 1.54) is 30.3 Å². The molecule has 3 rings (SSSR count). The molecule has 15 heteroatoms. The molecule has 0 aromatic heterocycles. The van der Waals surface area contributed by atoms with E-state index >= 15 is 0 Å². The zero-order valence-corrected chi connectivity index (χ0v) is 20.2. The average molecular weight is 591 g/mol. The third kappa shape index (κ3) is 6.87. The lowest BCUT2D eigenvalue weighted by Crippen LogP contribution is -2.38. The van der Waals surface area contributed by atoms with Crippen molar-refractivity contribution in [1.82, 2.24) is 0 Å². The summed E-state index contributed by atoms with van der Waals surface area (Å²) < 4.78 is 102. The topological polar surface area (TPSA) is 78.9 Å². The fourth-order valence-electron chi connectivity index (χ4n) is 3.33. The maximum absolute atomic E-state index is 14.9. The number of benzene rings is 2. The van der Waals surface area contributed by atoms with Gasteiger partial charge in [-0.3, -0.25) is 4.79 Å². The number of rotatable bonds is 8. The van der Waals surface area contributed by atoms with Gasteiger partial charge >= 0.3 is 30.3 Å². The van der Waals surface area contributed by atoms with Crippen molar-refractivity contribution >= 4 is 41.1 Å². The summed E-state index contributed by atoms with van der Waals surface area (Å²) in [6.07, 6.45) is -12.7. The summed E-state index contributed by atoms with van der Waals surface area (Å²) in [4.78, 5) is 34.8. The van der Waals surface area contributed by atoms with Gasteiger partial charge in [0, 0.05) is 5.56 Å². The summed E-state index contributed by atoms with van der Waals surface area (Å²) >= 11 is 11.8. The first-order valence-electron chi connectivity index (χ1n) is 10.5. The van der Waals surface area contributed by atoms with Crippen molar-refractivity contribution < 1.29 is 59.3 Å². The van der Waals surface area contributed by atoms with Crippen molar-refractivity contribution in [3.8, 4) is 11.1 Å². The lowest BCUT2D eigenvalue weighted by Gasteiger charge is -2.22. The van der Waals surface area contributed by atoms with Crippen molar-refractivity contribution in [3.05, 3.63) is 57.8 Å². The highest BCUT2D eigenvalue weighted by molar-refractivity contribution is 6.42. The van der Waals surface area contributed by atoms with Gasteiger partial charge in [0.05, 0.1) is 15.5 Å². The summed E-state index contributed by atoms with van der Waals surface area (Å²) in [7, 11) is 0. The summed E-state index contributed by atoms with van der Waals surface area (Å²) in [6.45, 7) is -2.73. The van der Waals surface area contributed by atoms with Crippen LogP contribution in [0, 0.1) is 5.82 Å². The second-order valence-corrected chi connectivity index (χ2v) is 8.94. The Bertz CT molecular complexity index is 1210. The largest absolute Gasteiger partial charge is 0.490 e. The molecule has 0 atom stereocenters. The molecule has 2 aromatic rings. The molecular weight excluding hydrogens is 576 g/mol. The fraction of sp³-hybridized carbons (Fsp3) is 0.348. The van der Waals surface area contributed by atoms with E-state index in [0.717, 1.165) is 6.07 Å². The van der Waals surface area contributed by atoms with Crippen molar-refractivity contribution in [2.24, 2.45) is 0 Å². The SMILES string of the molecule is O=C(OCC(COC(=O)C(F)(F)F)OC(=O)C1(c2ccc(-c3ccc(Cl)c(Cl)c3)c(F)c2)CC1)C(F)(F)F. The molecule has 0 spiro atoms. The van der Waals surface area contributed by atoms with Crippen molar-refractivity contribution in [2.75, 3.05) is 13.2 Å². The Kier molecular flexibility index (Phi) is 8.51. The van der Waals surface area contributed by atoms with Crippen LogP contribution in [0.5, 0.6) is 0 Å². The second-order valence-electron chi connectivity index (χ2n) is 8.13. The van der Waals surface area contributed by atoms with Crippen LogP contribution in [0.25, 0.3) is 11.1 Å². The monoisotopic (exact) mass is 590 g/mol. The van der Waals surface area contributed by atoms with Gasteiger partial charge in [-0.1, -0.05) is 41.4 Å². The third-order valence-corrected chi connectivity index (χ3v) is 6.17. The number of carbonyl (C=O) groups excluding carboxylic acids is 3. The molecule has 2 aromatic carbocycles. The van der Waals surface area contributed by atoms with E-state index in [1.54, 1.807) is 0 Å². The summed E-state index contributed by atoms with van der Waals surface area (Å²) in [6, 6.07) is 8.11. The number of carbonyl (C=O) groups is 3. The highest BCUT2D eigenvalue weighted by atomic mass is 35.5. The fourth-order valence-corrected chi connectivity index (χ4v) is 3.63. The van der Waals surface area contributed by atoms with Crippen LogP contribution >= 0.6 is 23.2 Å². The molecule has 1 saturated carbocycles. The minimum atomic E-state index is -5.44. The molecule has 6 nitrogen and oxygen atoms in total. The molecule has 0 unspecified atom stereocenters. The second kappa shape index (κ2) is 11.0. The van der Waals surface area contributed by atoms with E-state index < -0.39 is 60.8 Å². The minimum absolute atomic E-state index is 0.104. The molecule has 1 fully saturated rings. The molecule has 1 aliphatic rings. The summed E-state index contributed by atoms with van der Waals surface area (Å²) in [5.41, 5.74) is -0.888. The molecular formula is C23H15Cl2F7O6. The Hall–Kier alpha value is -3.06. The Labute approximate surface area is 219 Å². The van der Waals surface area contributed by atoms with E-state index in [2.05, 4.69) is 9.47 Å². The van der Waals surface area contributed by atoms with Crippen LogP contribution in [-0.2, 0) is 34.0 Å². The maximum Gasteiger partial charge on any atom is 0.490 e. The van der Waals surface area contributed by atoms with Gasteiger partial charge in [-0.25, -0.2) is 14.0 Å². The molecule has 38 heavy (non-hydrogen) atoms. The van der Waals surface area contributed by atoms with E-state index in [9.17, 15) is 45.1 Å². The van der Waals surface area contributed by atoms with Crippen molar-refractivity contribution in [1.29, 1.82) is 0 Å². The molecule has 0 N–H and O–H groups in total. The smallest absolute Gasteiger partial charge is 0.455 e. The molecule has 0 radical (unpaired) electrons. The minimum Gasteiger partial charge on any atom is -0.455 e. The van der Waals surface area contributed by atoms with Crippen LogP contribution in [0.3, 0.4) is 0 Å². The Morgan fingerprint density at radius 2 is 1.39 bits per heavy atom. The van der Waals surface area contributed by atoms with Gasteiger partial charge < -0.3 is 14.2 Å². The van der Waals surface area contributed by atoms with Crippen LogP contribution in [0.15, 0.2) is 36.4 Å². The van der Waals surface area contributed by atoms with Crippen molar-refractivity contribution in [3.63, 3.8) is 0 Å². The maximum atomic E-state index is 14.9. The van der Waals surface area contributed by atoms with E-state index in [1.807, 2.05) is 0 Å². The molecule has 0 saturated heterocycles. The van der Waals surface area contributed by atoms with Gasteiger partial charge in [-0.05, 0) is 42.2 Å². The lowest BCUT2D eigenvalue weighted by atomic mass is 9.93. The Morgan fingerprint density at radius 3 is 1.84 bits per heavy atom. The number of esters is 3. The zero-order valence-electron chi connectivity index (χ0n) is 18.7. The van der Waals surface area contributed by atoms with E-state index in [-0.39, 0.29) is 34.0 Å². The standard InChI is InChI=1S/C23H15Cl2F7O6/c24-15-4-1-11(7-16(15)25)14-3-2-12(8-17(14)26)21(5-6-21)18(33)38-13(9-36-19(34)22(27,28)29)10-37-20(35)23(30,31)32/h1-4,7-8,13H,5-6,9-10H2. The van der Waals surface area contributed by atoms with Gasteiger partial charge in [0.2, 0.25) is 0 Å². The molecule has 0 heterocycles. The number of hydrogen-bond donors (Lipinski definition) is 0. The van der Waals surface area contributed by atoms with Crippen molar-refractivity contribution in [2.45, 2.75) is 36.7 Å². The average Bonchev–Trinajstić information content (AvgIpc) is 3.63. The van der Waals surface area contributed by atoms with Gasteiger partial charge in [0.15, 0.2) is 6.10 Å². The van der Waals surface area contributed by atoms with Crippen LogP contribution in [0.2, 0.25) is 10.0 Å². The highest BCUT2D eigenvalue weighted by Crippen LogP contribution is 2.50. The first kappa shape index (κ1) is 29.5. The summed E-state index contributed by atoms with van der Waals surface area (Å²) in [5, 5.41) is 0.405. The predicted molar refractivity (Wildman–Crippen MR) is 117 cm³/mol. The first-order valence-corrected chi connectivity index (χ1v) is 11.2. The predicted octanol–water partition coefficient (Wildman–Crippen LogP) is 5.95. The molecule has 0 aliphatic heterocycles. The van der Waals surface area contributed by atoms with Crippen LogP contribution in [-0.4, -0.2) is 49.6 Å². The third-order valence-electron chi connectivity index (χ3n) is 5.43. The molecule has 1 aliphatic carbocycles. The van der Waals surface area contributed by atoms with Gasteiger partial charge in [0.25, 0.3) is 0 Å². The zero-order chi connectivity index (χ0) is 28.5. The molecule has 0 amide bonds. The first-order chi connectivity index (χ1) is 17.5. The van der Waals surface area contributed by atoms with Crippen LogP contribution in [0.4, 0.5) is 30.7 Å². The number of hydrogen-bond acceptors (Lipinski definition) is 6. The molecule has 206 valence electrons. The van der Waals surface area contributed by atoms with Gasteiger partial charge in [0.1, 0.15) is 19.0 Å². The van der Waals surface area contributed by atoms with E-state index in [0.29, 0.717) is 5.56 Å². The quantitative estimate of drug-likeness (QED) is 0.215. The van der Waals surface area contributed by atoms with Crippen LogP contribution in [0.1, 0.15) is 18.4 Å². The van der Waals surface area contributed by atoms with Crippen LogP contribution < -0.4 is 0 Å². The Morgan fingerprint density at radius 1 is 0.842 bits per heavy atom. The number of halogens is 9. The number of ether oxygens (including phenoxy) is 3. The van der Waals surface area contributed by atoms with Gasteiger partial charge in [-0.2, -0.15) is 26.3 Å². The summed E-state index contributed by atoms with van der Waals surface area (Å²) in [5.74, 6) is -7.34.